The summed E-state index contributed by atoms with van der Waals surface area (Å²) in [6.07, 6.45) is 0. The molecule has 0 aliphatic carbocycles. The molecule has 0 saturated heterocycles. The zero-order valence-corrected chi connectivity index (χ0v) is 13.4. The number of furan rings is 1. The molecular formula is C16H18N2O3S. The van der Waals surface area contributed by atoms with Crippen LogP contribution in [0, 0.1) is 6.92 Å². The van der Waals surface area contributed by atoms with Crippen LogP contribution in [0.25, 0.3) is 11.0 Å². The fourth-order valence-electron chi connectivity index (χ4n) is 2.42. The number of allylic oxidation sites excluding steroid dienone is 1. The van der Waals surface area contributed by atoms with Crippen LogP contribution < -0.4 is 10.5 Å². The van der Waals surface area contributed by atoms with Crippen LogP contribution >= 0.6 is 11.8 Å². The molecule has 1 aromatic carbocycles. The van der Waals surface area contributed by atoms with Crippen LogP contribution in [0.1, 0.15) is 12.7 Å². The molecular weight excluding hydrogens is 300 g/mol. The van der Waals surface area contributed by atoms with E-state index < -0.39 is 0 Å². The molecule has 2 N–H and O–H groups in total. The molecule has 0 spiro atoms. The Morgan fingerprint density at radius 2 is 2.23 bits per heavy atom. The maximum Gasteiger partial charge on any atom is 0.236 e. The van der Waals surface area contributed by atoms with Crippen molar-refractivity contribution < 1.29 is 13.9 Å². The maximum absolute atomic E-state index is 11.0. The molecule has 0 radical (unpaired) electrons. The predicted octanol–water partition coefficient (Wildman–Crippen LogP) is 2.84. The van der Waals surface area contributed by atoms with Gasteiger partial charge in [0.1, 0.15) is 23.7 Å². The first-order valence-corrected chi connectivity index (χ1v) is 8.00. The van der Waals surface area contributed by atoms with Gasteiger partial charge in [0.15, 0.2) is 0 Å². The summed E-state index contributed by atoms with van der Waals surface area (Å²) in [5.74, 6) is 2.12. The molecule has 3 rings (SSSR count). The number of hydrogen-bond acceptors (Lipinski definition) is 5. The zero-order valence-electron chi connectivity index (χ0n) is 12.6. The van der Waals surface area contributed by atoms with E-state index in [9.17, 15) is 4.79 Å². The van der Waals surface area contributed by atoms with Crippen molar-refractivity contribution in [3.63, 3.8) is 0 Å². The van der Waals surface area contributed by atoms with Gasteiger partial charge in [0, 0.05) is 16.0 Å². The smallest absolute Gasteiger partial charge is 0.236 e. The number of primary amides is 1. The van der Waals surface area contributed by atoms with Crippen LogP contribution in [-0.4, -0.2) is 29.8 Å². The number of aryl methyl sites for hydroxylation is 1. The van der Waals surface area contributed by atoms with Crippen LogP contribution in [0.5, 0.6) is 5.75 Å². The Bertz CT molecular complexity index is 751. The summed E-state index contributed by atoms with van der Waals surface area (Å²) >= 11 is 1.68. The van der Waals surface area contributed by atoms with Gasteiger partial charge >= 0.3 is 0 Å². The number of nitrogens with two attached hydrogens (primary N) is 1. The number of rotatable bonds is 5. The second kappa shape index (κ2) is 5.96. The third kappa shape index (κ3) is 3.06. The number of ether oxygens (including phenoxy) is 1. The molecule has 1 aliphatic rings. The third-order valence-electron chi connectivity index (χ3n) is 3.60. The van der Waals surface area contributed by atoms with Crippen molar-refractivity contribution in [3.05, 3.63) is 40.6 Å². The first kappa shape index (κ1) is 14.8. The van der Waals surface area contributed by atoms with Gasteiger partial charge in [0.25, 0.3) is 0 Å². The SMILES string of the molecule is CC1=C(COc2ccc3oc(C)cc3c2)SCN1CC(N)=O. The lowest BCUT2D eigenvalue weighted by molar-refractivity contribution is -0.118. The molecule has 116 valence electrons. The first-order valence-electron chi connectivity index (χ1n) is 7.02. The van der Waals surface area contributed by atoms with Crippen molar-refractivity contribution >= 4 is 28.6 Å². The Kier molecular flexibility index (Phi) is 4.02. The molecule has 0 fully saturated rings. The second-order valence-electron chi connectivity index (χ2n) is 5.29. The van der Waals surface area contributed by atoms with Gasteiger partial charge in [0.2, 0.25) is 5.91 Å². The lowest BCUT2D eigenvalue weighted by Gasteiger charge is -2.16. The van der Waals surface area contributed by atoms with Crippen molar-refractivity contribution in [1.29, 1.82) is 0 Å². The molecule has 0 saturated carbocycles. The van der Waals surface area contributed by atoms with E-state index in [1.165, 1.54) is 0 Å². The predicted molar refractivity (Wildman–Crippen MR) is 87.5 cm³/mol. The molecule has 6 heteroatoms. The topological polar surface area (TPSA) is 68.7 Å². The van der Waals surface area contributed by atoms with Gasteiger partial charge in [-0.05, 0) is 38.1 Å². The number of carbonyl (C=O) groups is 1. The highest BCUT2D eigenvalue weighted by Crippen LogP contribution is 2.32. The van der Waals surface area contributed by atoms with E-state index in [2.05, 4.69) is 0 Å². The van der Waals surface area contributed by atoms with Crippen molar-refractivity contribution in [2.24, 2.45) is 5.73 Å². The molecule has 2 aromatic rings. The molecule has 1 aliphatic heterocycles. The van der Waals surface area contributed by atoms with Gasteiger partial charge in [-0.25, -0.2) is 0 Å². The first-order chi connectivity index (χ1) is 10.5. The molecule has 5 nitrogen and oxygen atoms in total. The molecule has 1 amide bonds. The normalized spacial score (nSPS) is 14.9. The fraction of sp³-hybridized carbons (Fsp3) is 0.312. The van der Waals surface area contributed by atoms with E-state index >= 15 is 0 Å². The maximum atomic E-state index is 11.0. The number of benzene rings is 1. The highest BCUT2D eigenvalue weighted by Gasteiger charge is 2.21. The van der Waals surface area contributed by atoms with Crippen LogP contribution in [0.15, 0.2) is 39.3 Å². The lowest BCUT2D eigenvalue weighted by atomic mass is 10.2. The summed E-state index contributed by atoms with van der Waals surface area (Å²) in [6, 6.07) is 7.79. The van der Waals surface area contributed by atoms with E-state index in [0.29, 0.717) is 6.61 Å². The molecule has 22 heavy (non-hydrogen) atoms. The highest BCUT2D eigenvalue weighted by atomic mass is 32.2. The number of thioether (sulfide) groups is 1. The Morgan fingerprint density at radius 3 is 3.00 bits per heavy atom. The summed E-state index contributed by atoms with van der Waals surface area (Å²) in [5, 5.41) is 1.04. The third-order valence-corrected chi connectivity index (χ3v) is 4.80. The standard InChI is InChI=1S/C16H18N2O3S/c1-10-5-12-6-13(3-4-14(12)21-10)20-8-15-11(2)18(9-22-15)7-16(17)19/h3-6H,7-9H2,1-2H3,(H2,17,19). The number of hydrogen-bond donors (Lipinski definition) is 1. The largest absolute Gasteiger partial charge is 0.488 e. The minimum Gasteiger partial charge on any atom is -0.488 e. The molecule has 0 bridgehead atoms. The van der Waals surface area contributed by atoms with E-state index in [0.717, 1.165) is 39.0 Å². The van der Waals surface area contributed by atoms with Crippen LogP contribution in [0.3, 0.4) is 0 Å². The number of carbonyl (C=O) groups excluding carboxylic acids is 1. The van der Waals surface area contributed by atoms with Crippen molar-refractivity contribution in [1.82, 2.24) is 4.90 Å². The summed E-state index contributed by atoms with van der Waals surface area (Å²) in [4.78, 5) is 14.1. The van der Waals surface area contributed by atoms with Gasteiger partial charge in [0.05, 0.1) is 12.4 Å². The van der Waals surface area contributed by atoms with E-state index in [1.807, 2.05) is 43.0 Å². The zero-order chi connectivity index (χ0) is 15.7. The van der Waals surface area contributed by atoms with Crippen molar-refractivity contribution in [3.8, 4) is 5.75 Å². The average Bonchev–Trinajstić information content (AvgIpc) is 2.99. The van der Waals surface area contributed by atoms with Gasteiger partial charge in [-0.15, -0.1) is 11.8 Å². The summed E-state index contributed by atoms with van der Waals surface area (Å²) in [7, 11) is 0. The van der Waals surface area contributed by atoms with Crippen LogP contribution in [0.4, 0.5) is 0 Å². The summed E-state index contributed by atoms with van der Waals surface area (Å²) in [6.45, 7) is 4.66. The van der Waals surface area contributed by atoms with Crippen LogP contribution in [-0.2, 0) is 4.79 Å². The van der Waals surface area contributed by atoms with E-state index in [1.54, 1.807) is 11.8 Å². The van der Waals surface area contributed by atoms with E-state index in [4.69, 9.17) is 14.9 Å². The molecule has 0 atom stereocenters. The Morgan fingerprint density at radius 1 is 1.41 bits per heavy atom. The van der Waals surface area contributed by atoms with E-state index in [-0.39, 0.29) is 12.5 Å². The Labute approximate surface area is 133 Å². The van der Waals surface area contributed by atoms with Gasteiger partial charge in [-0.1, -0.05) is 0 Å². The number of amides is 1. The lowest BCUT2D eigenvalue weighted by Crippen LogP contribution is -2.30. The van der Waals surface area contributed by atoms with Gasteiger partial charge < -0.3 is 19.8 Å². The van der Waals surface area contributed by atoms with Gasteiger partial charge in [-0.3, -0.25) is 4.79 Å². The highest BCUT2D eigenvalue weighted by molar-refractivity contribution is 8.03. The van der Waals surface area contributed by atoms with Crippen molar-refractivity contribution in [2.45, 2.75) is 13.8 Å². The Balaban J connectivity index is 1.68. The van der Waals surface area contributed by atoms with Crippen molar-refractivity contribution in [2.75, 3.05) is 19.0 Å². The number of fused-ring (bicyclic) bond motifs is 1. The summed E-state index contributed by atoms with van der Waals surface area (Å²) in [5.41, 5.74) is 7.17. The Hall–Kier alpha value is -2.08. The minimum absolute atomic E-state index is 0.253. The number of nitrogens with zero attached hydrogens (tertiary/aromatic N) is 1. The average molecular weight is 318 g/mol. The second-order valence-corrected chi connectivity index (χ2v) is 6.33. The minimum atomic E-state index is -0.317. The molecule has 0 unspecified atom stereocenters. The fourth-order valence-corrected chi connectivity index (χ4v) is 3.50. The quantitative estimate of drug-likeness (QED) is 0.918. The summed E-state index contributed by atoms with van der Waals surface area (Å²) < 4.78 is 11.4. The molecule has 1 aromatic heterocycles. The van der Waals surface area contributed by atoms with Gasteiger partial charge in [-0.2, -0.15) is 0 Å². The molecule has 2 heterocycles. The van der Waals surface area contributed by atoms with Crippen LogP contribution in [0.2, 0.25) is 0 Å². The monoisotopic (exact) mass is 318 g/mol.